The fraction of sp³-hybridized carbons (Fsp3) is 0.389. The number of pyridine rings is 1. The van der Waals surface area contributed by atoms with Gasteiger partial charge >= 0.3 is 0 Å². The van der Waals surface area contributed by atoms with Crippen LogP contribution in [0.5, 0.6) is 0 Å². The molecule has 2 heterocycles. The Bertz CT molecular complexity index is 574. The van der Waals surface area contributed by atoms with Crippen LogP contribution < -0.4 is 5.32 Å². The molecule has 20 heavy (non-hydrogen) atoms. The summed E-state index contributed by atoms with van der Waals surface area (Å²) in [4.78, 5) is 4.34. The van der Waals surface area contributed by atoms with E-state index in [1.807, 2.05) is 6.20 Å². The van der Waals surface area contributed by atoms with Gasteiger partial charge in [-0.3, -0.25) is 4.98 Å². The maximum atomic E-state index is 4.34. The zero-order chi connectivity index (χ0) is 13.9. The topological polar surface area (TPSA) is 24.9 Å². The first kappa shape index (κ1) is 13.3. The monoisotopic (exact) mass is 266 g/mol. The van der Waals surface area contributed by atoms with Crippen LogP contribution in [0.15, 0.2) is 42.7 Å². The van der Waals surface area contributed by atoms with Gasteiger partial charge in [0, 0.05) is 24.9 Å². The Morgan fingerprint density at radius 2 is 1.85 bits per heavy atom. The molecule has 0 amide bonds. The molecule has 3 rings (SSSR count). The van der Waals surface area contributed by atoms with E-state index in [1.165, 1.54) is 28.7 Å². The third kappa shape index (κ3) is 2.61. The maximum absolute atomic E-state index is 4.34. The third-order valence-corrected chi connectivity index (χ3v) is 4.47. The third-order valence-electron chi connectivity index (χ3n) is 4.47. The molecule has 0 spiro atoms. The van der Waals surface area contributed by atoms with Crippen LogP contribution in [-0.4, -0.2) is 18.1 Å². The van der Waals surface area contributed by atoms with E-state index in [0.29, 0.717) is 11.8 Å². The highest BCUT2D eigenvalue weighted by Crippen LogP contribution is 2.38. The SMILES string of the molecule is Cc1ccc(C2CNCCC2c2cnccc2C)cc1. The maximum Gasteiger partial charge on any atom is 0.0305 e. The van der Waals surface area contributed by atoms with Crippen LogP contribution in [-0.2, 0) is 0 Å². The van der Waals surface area contributed by atoms with Crippen LogP contribution in [0, 0.1) is 13.8 Å². The molecule has 1 aromatic carbocycles. The molecule has 0 bridgehead atoms. The Labute approximate surface area is 121 Å². The minimum absolute atomic E-state index is 0.548. The molecule has 1 aliphatic heterocycles. The van der Waals surface area contributed by atoms with Gasteiger partial charge in [-0.05, 0) is 55.5 Å². The number of aromatic nitrogens is 1. The van der Waals surface area contributed by atoms with Crippen LogP contribution in [0.1, 0.15) is 40.5 Å². The number of nitrogens with one attached hydrogen (secondary N) is 1. The van der Waals surface area contributed by atoms with Crippen molar-refractivity contribution < 1.29 is 0 Å². The van der Waals surface area contributed by atoms with Gasteiger partial charge in [0.25, 0.3) is 0 Å². The summed E-state index contributed by atoms with van der Waals surface area (Å²) < 4.78 is 0. The summed E-state index contributed by atoms with van der Waals surface area (Å²) in [5.74, 6) is 1.12. The Morgan fingerprint density at radius 1 is 1.05 bits per heavy atom. The highest BCUT2D eigenvalue weighted by Gasteiger charge is 2.28. The average Bonchev–Trinajstić information content (AvgIpc) is 2.49. The van der Waals surface area contributed by atoms with E-state index in [1.54, 1.807) is 0 Å². The lowest BCUT2D eigenvalue weighted by molar-refractivity contribution is 0.402. The first-order valence-electron chi connectivity index (χ1n) is 7.43. The standard InChI is InChI=1S/C18H22N2/c1-13-3-5-15(6-4-13)18-12-20-10-8-16(18)17-11-19-9-7-14(17)2/h3-7,9,11,16,18,20H,8,10,12H2,1-2H3. The number of piperidine rings is 1. The van der Waals surface area contributed by atoms with Crippen molar-refractivity contribution in [3.63, 3.8) is 0 Å². The second-order valence-corrected chi connectivity index (χ2v) is 5.85. The molecule has 0 aliphatic carbocycles. The first-order valence-corrected chi connectivity index (χ1v) is 7.43. The molecule has 2 aromatic rings. The van der Waals surface area contributed by atoms with E-state index < -0.39 is 0 Å². The number of aryl methyl sites for hydroxylation is 2. The van der Waals surface area contributed by atoms with Gasteiger partial charge in [0.1, 0.15) is 0 Å². The molecule has 2 unspecified atom stereocenters. The predicted molar refractivity (Wildman–Crippen MR) is 83.1 cm³/mol. The Morgan fingerprint density at radius 3 is 2.60 bits per heavy atom. The van der Waals surface area contributed by atoms with E-state index >= 15 is 0 Å². The lowest BCUT2D eigenvalue weighted by Gasteiger charge is -2.33. The summed E-state index contributed by atoms with van der Waals surface area (Å²) in [7, 11) is 0. The van der Waals surface area contributed by atoms with E-state index in [0.717, 1.165) is 13.1 Å². The minimum Gasteiger partial charge on any atom is -0.316 e. The Balaban J connectivity index is 1.95. The highest BCUT2D eigenvalue weighted by molar-refractivity contribution is 5.34. The average molecular weight is 266 g/mol. The Hall–Kier alpha value is -1.67. The molecular formula is C18H22N2. The smallest absolute Gasteiger partial charge is 0.0305 e. The minimum atomic E-state index is 0.548. The molecule has 2 nitrogen and oxygen atoms in total. The number of rotatable bonds is 2. The van der Waals surface area contributed by atoms with Crippen molar-refractivity contribution >= 4 is 0 Å². The molecule has 2 heteroatoms. The van der Waals surface area contributed by atoms with Crippen molar-refractivity contribution in [3.8, 4) is 0 Å². The van der Waals surface area contributed by atoms with Gasteiger partial charge in [0.2, 0.25) is 0 Å². The lowest BCUT2D eigenvalue weighted by atomic mass is 9.76. The Kier molecular flexibility index (Phi) is 3.83. The molecule has 0 saturated carbocycles. The molecule has 1 N–H and O–H groups in total. The van der Waals surface area contributed by atoms with Crippen LogP contribution in [0.2, 0.25) is 0 Å². The quantitative estimate of drug-likeness (QED) is 0.899. The van der Waals surface area contributed by atoms with Gasteiger partial charge in [-0.2, -0.15) is 0 Å². The van der Waals surface area contributed by atoms with E-state index in [9.17, 15) is 0 Å². The second kappa shape index (κ2) is 5.76. The van der Waals surface area contributed by atoms with Gasteiger partial charge in [-0.1, -0.05) is 29.8 Å². The summed E-state index contributed by atoms with van der Waals surface area (Å²) in [5.41, 5.74) is 5.55. The van der Waals surface area contributed by atoms with Crippen molar-refractivity contribution in [1.82, 2.24) is 10.3 Å². The molecule has 0 radical (unpaired) electrons. The summed E-state index contributed by atoms with van der Waals surface area (Å²) in [6.07, 6.45) is 5.14. The number of nitrogens with zero attached hydrogens (tertiary/aromatic N) is 1. The van der Waals surface area contributed by atoms with Gasteiger partial charge in [0.05, 0.1) is 0 Å². The molecule has 1 aliphatic rings. The molecule has 1 aromatic heterocycles. The summed E-state index contributed by atoms with van der Waals surface area (Å²) in [6.45, 7) is 6.50. The summed E-state index contributed by atoms with van der Waals surface area (Å²) in [5, 5.41) is 3.55. The zero-order valence-electron chi connectivity index (χ0n) is 12.3. The molecular weight excluding hydrogens is 244 g/mol. The van der Waals surface area contributed by atoms with Crippen LogP contribution in [0.25, 0.3) is 0 Å². The second-order valence-electron chi connectivity index (χ2n) is 5.85. The number of hydrogen-bond acceptors (Lipinski definition) is 2. The van der Waals surface area contributed by atoms with Crippen molar-refractivity contribution in [2.75, 3.05) is 13.1 Å². The van der Waals surface area contributed by atoms with Crippen molar-refractivity contribution in [3.05, 3.63) is 65.0 Å². The summed E-state index contributed by atoms with van der Waals surface area (Å²) >= 11 is 0. The van der Waals surface area contributed by atoms with Crippen LogP contribution in [0.4, 0.5) is 0 Å². The van der Waals surface area contributed by atoms with Crippen LogP contribution >= 0.6 is 0 Å². The van der Waals surface area contributed by atoms with Crippen molar-refractivity contribution in [2.24, 2.45) is 0 Å². The molecule has 2 atom stereocenters. The predicted octanol–water partition coefficient (Wildman–Crippen LogP) is 3.56. The zero-order valence-corrected chi connectivity index (χ0v) is 12.3. The van der Waals surface area contributed by atoms with Gasteiger partial charge in [-0.15, -0.1) is 0 Å². The fourth-order valence-corrected chi connectivity index (χ4v) is 3.26. The largest absolute Gasteiger partial charge is 0.316 e. The van der Waals surface area contributed by atoms with E-state index in [2.05, 4.69) is 60.7 Å². The lowest BCUT2D eigenvalue weighted by Crippen LogP contribution is -2.34. The number of hydrogen-bond donors (Lipinski definition) is 1. The summed E-state index contributed by atoms with van der Waals surface area (Å²) in [6, 6.07) is 11.1. The molecule has 1 fully saturated rings. The van der Waals surface area contributed by atoms with Gasteiger partial charge < -0.3 is 5.32 Å². The van der Waals surface area contributed by atoms with E-state index in [-0.39, 0.29) is 0 Å². The van der Waals surface area contributed by atoms with Gasteiger partial charge in [-0.25, -0.2) is 0 Å². The molecule has 1 saturated heterocycles. The highest BCUT2D eigenvalue weighted by atomic mass is 14.9. The van der Waals surface area contributed by atoms with Crippen LogP contribution in [0.3, 0.4) is 0 Å². The fourth-order valence-electron chi connectivity index (χ4n) is 3.26. The van der Waals surface area contributed by atoms with E-state index in [4.69, 9.17) is 0 Å². The molecule has 104 valence electrons. The van der Waals surface area contributed by atoms with Crippen molar-refractivity contribution in [2.45, 2.75) is 32.1 Å². The van der Waals surface area contributed by atoms with Gasteiger partial charge in [0.15, 0.2) is 0 Å². The first-order chi connectivity index (χ1) is 9.75. The normalized spacial score (nSPS) is 22.7. The van der Waals surface area contributed by atoms with Crippen molar-refractivity contribution in [1.29, 1.82) is 0 Å². The number of benzene rings is 1.